The number of nitrogens with two attached hydrogens (primary N) is 1. The maximum Gasteiger partial charge on any atom is 0.569 e. The fraction of sp³-hybridized carbons (Fsp3) is 0.143. The first-order valence-electron chi connectivity index (χ1n) is 25.3. The van der Waals surface area contributed by atoms with Crippen LogP contribution in [0.1, 0.15) is 41.2 Å². The first-order valence-corrected chi connectivity index (χ1v) is 29.9. The van der Waals surface area contributed by atoms with Crippen molar-refractivity contribution in [1.82, 2.24) is 49.3 Å². The second-order valence-electron chi connectivity index (χ2n) is 17.6. The van der Waals surface area contributed by atoms with E-state index in [1.165, 1.54) is 42.7 Å². The van der Waals surface area contributed by atoms with E-state index >= 15 is 0 Å². The Morgan fingerprint density at radius 1 is 0.511 bits per heavy atom. The molecule has 497 valence electrons. The van der Waals surface area contributed by atoms with E-state index < -0.39 is 58.5 Å². The van der Waals surface area contributed by atoms with Crippen LogP contribution in [0.25, 0.3) is 50.5 Å². The van der Waals surface area contributed by atoms with Gasteiger partial charge < -0.3 is 29.8 Å². The lowest BCUT2D eigenvalue weighted by atomic mass is 9.98. The zero-order chi connectivity index (χ0) is 69.1. The Kier molecular flexibility index (Phi) is 26.9. The third-order valence-electron chi connectivity index (χ3n) is 11.0. The number of para-hydroxylation sites is 4. The summed E-state index contributed by atoms with van der Waals surface area (Å²) in [7, 11) is -18.9. The lowest BCUT2D eigenvalue weighted by Gasteiger charge is -2.12. The van der Waals surface area contributed by atoms with Crippen LogP contribution in [0.5, 0.6) is 23.0 Å². The van der Waals surface area contributed by atoms with E-state index in [0.717, 1.165) is 39.7 Å². The minimum absolute atomic E-state index is 0. The average Bonchev–Trinajstić information content (AvgIpc) is 1.25. The number of amides is 1. The zero-order valence-corrected chi connectivity index (χ0v) is 50.9. The van der Waals surface area contributed by atoms with Gasteiger partial charge in [-0.25, -0.2) is 44.9 Å². The number of halogens is 10. The number of primary amides is 1. The highest BCUT2D eigenvalue weighted by Gasteiger charge is 2.57. The number of imidazole rings is 1. The molecule has 0 aliphatic carbocycles. The number of carbonyl (C=O) groups excluding carboxylic acids is 1. The summed E-state index contributed by atoms with van der Waals surface area (Å²) in [5, 5.41) is 27.3. The lowest BCUT2D eigenvalue weighted by molar-refractivity contribution is -0.0586. The Balaban J connectivity index is 0.000000249. The molecular weight excluding hydrogens is 1350 g/mol. The van der Waals surface area contributed by atoms with Gasteiger partial charge in [-0.05, 0) is 112 Å². The highest BCUT2D eigenvalue weighted by atomic mass is 35.5. The maximum atomic E-state index is 12.4. The van der Waals surface area contributed by atoms with Crippen molar-refractivity contribution in [1.29, 1.82) is 0 Å². The first-order chi connectivity index (χ1) is 43.4. The summed E-state index contributed by atoms with van der Waals surface area (Å²) in [5.74, 6) is 2.04. The topological polar surface area (TPSA) is 354 Å². The lowest BCUT2D eigenvalue weighted by Crippen LogP contribution is -2.34. The molecule has 94 heavy (non-hydrogen) atoms. The molecule has 6 heterocycles. The molecule has 1 amide bonds. The van der Waals surface area contributed by atoms with Gasteiger partial charge >= 0.3 is 54.6 Å². The Labute approximate surface area is 535 Å². The number of aromatic nitrogens is 10. The number of benzene rings is 4. The molecule has 0 spiro atoms. The molecule has 10 rings (SSSR count). The summed E-state index contributed by atoms with van der Waals surface area (Å²) in [6.45, 7) is 7.08. The van der Waals surface area contributed by atoms with Gasteiger partial charge in [-0.15, -0.1) is 3.63 Å². The van der Waals surface area contributed by atoms with Gasteiger partial charge in [0.15, 0.2) is 11.5 Å². The van der Waals surface area contributed by atoms with Gasteiger partial charge in [0.05, 0.1) is 23.3 Å². The number of aromatic hydroxyl groups is 2. The molecule has 6 aromatic heterocycles. The van der Waals surface area contributed by atoms with Crippen molar-refractivity contribution in [2.24, 2.45) is 5.73 Å². The van der Waals surface area contributed by atoms with Crippen molar-refractivity contribution in [3.63, 3.8) is 0 Å². The third-order valence-corrected chi connectivity index (χ3v) is 14.7. The molecule has 1 radical (unpaired) electrons. The number of rotatable bonds is 11. The molecule has 10 aromatic rings. The third kappa shape index (κ3) is 21.9. The molecule has 0 aliphatic rings. The SMILES string of the molecule is C.Cc1nccc(-c2ccccc2-c2ccc3ncc(C(N)=O)n3c2)n1.Cc1nccc(-c2ccccc2O)n1.Cc1nccc(-c2ccccc2OS(=O)(=O)C(F)(F)F)n1.Cc1nccc(Cl)n1.O=S(=O)(OS(=O)(=O)C(F)(F)F)C(F)(F)F.O[B]Oc1ccccc1O. The number of phenolic OH excluding ortho intramolecular Hbond substituents is 2. The number of phenols is 2. The average molecular weight is 1400 g/mol. The van der Waals surface area contributed by atoms with Crippen LogP contribution in [-0.4, -0.2) is 120 Å². The van der Waals surface area contributed by atoms with Crippen LogP contribution >= 0.6 is 11.6 Å². The molecule has 0 unspecified atom stereocenters. The fourth-order valence-corrected chi connectivity index (χ4v) is 9.16. The smallest absolute Gasteiger partial charge is 0.535 e. The van der Waals surface area contributed by atoms with Crippen LogP contribution in [0.4, 0.5) is 39.5 Å². The monoisotopic (exact) mass is 1400 g/mol. The van der Waals surface area contributed by atoms with Crippen molar-refractivity contribution in [2.45, 2.75) is 51.6 Å². The second kappa shape index (κ2) is 33.1. The van der Waals surface area contributed by atoms with Crippen LogP contribution in [0.15, 0.2) is 171 Å². The Morgan fingerprint density at radius 3 is 1.34 bits per heavy atom. The Hall–Kier alpha value is -9.95. The van der Waals surface area contributed by atoms with Crippen molar-refractivity contribution < 1.29 is 97.3 Å². The Morgan fingerprint density at radius 2 is 0.915 bits per heavy atom. The second-order valence-corrected chi connectivity index (χ2v) is 22.9. The van der Waals surface area contributed by atoms with E-state index in [1.54, 1.807) is 79.3 Å². The fourth-order valence-electron chi connectivity index (χ4n) is 6.94. The van der Waals surface area contributed by atoms with Crippen LogP contribution in [0.2, 0.25) is 5.15 Å². The molecule has 0 aliphatic heterocycles. The summed E-state index contributed by atoms with van der Waals surface area (Å²) in [5.41, 5.74) is -5.90. The van der Waals surface area contributed by atoms with Crippen LogP contribution < -0.4 is 14.6 Å². The number of hydrogen-bond acceptors (Lipinski definition) is 22. The molecule has 4 aromatic carbocycles. The summed E-state index contributed by atoms with van der Waals surface area (Å²) in [4.78, 5) is 48.3. The number of fused-ring (bicyclic) bond motifs is 1. The van der Waals surface area contributed by atoms with E-state index in [2.05, 4.69) is 53.7 Å². The molecule has 5 N–H and O–H groups in total. The van der Waals surface area contributed by atoms with Crippen LogP contribution in [0.3, 0.4) is 0 Å². The highest BCUT2D eigenvalue weighted by Crippen LogP contribution is 2.36. The quantitative estimate of drug-likeness (QED) is 0.0307. The summed E-state index contributed by atoms with van der Waals surface area (Å²) >= 11 is 5.49. The molecule has 0 bridgehead atoms. The largest absolute Gasteiger partial charge is 0.569 e. The molecular formula is C56H49BClF9N11O13S3. The molecule has 0 fully saturated rings. The molecule has 24 nitrogen and oxygen atoms in total. The molecule has 38 heteroatoms. The normalized spacial score (nSPS) is 11.3. The number of pyridine rings is 1. The predicted octanol–water partition coefficient (Wildman–Crippen LogP) is 10.8. The van der Waals surface area contributed by atoms with Crippen molar-refractivity contribution >= 4 is 61.2 Å². The van der Waals surface area contributed by atoms with Crippen LogP contribution in [0, 0.1) is 27.7 Å². The first kappa shape index (κ1) is 76.5. The van der Waals surface area contributed by atoms with E-state index in [0.29, 0.717) is 47.5 Å². The number of aryl methyl sites for hydroxylation is 4. The number of hydrogen-bond donors (Lipinski definition) is 4. The minimum Gasteiger partial charge on any atom is -0.535 e. The molecule has 0 saturated heterocycles. The number of alkyl halides is 9. The van der Waals surface area contributed by atoms with Gasteiger partial charge in [0.2, 0.25) is 0 Å². The van der Waals surface area contributed by atoms with E-state index in [-0.39, 0.29) is 35.9 Å². The number of carbonyl (C=O) groups is 1. The standard InChI is InChI=1S/C19H15N5O.C12H9F3N2O3S.C11H10N2O.C6H6BO3.C5H5ClN2.C2F6O5S2.CH4/c1-12-21-9-8-16(23-12)15-5-3-2-4-14(15)13-6-7-18-22-10-17(19(20)25)24(18)11-13;1-8-16-7-6-10(17-8)9-4-2-3-5-11(9)20-21(18,19)12(13,14)15;1-8-12-7-6-10(13-8)9-4-2-3-5-11(9)14;8-5-3-1-2-4-6(5)10-7-9;1-4-7-3-2-5(6)8-4;3-1(4,5)14(9,10)13-15(11,12)2(6,7)8;/h2-11H,1H3,(H2,20,25);2-7H,1H3;2-7,14H,1H3;1-4,8-9H;2-3H,1H3;;1H4. The van der Waals surface area contributed by atoms with Gasteiger partial charge in [0.1, 0.15) is 51.3 Å². The van der Waals surface area contributed by atoms with Gasteiger partial charge in [-0.1, -0.05) is 79.7 Å². The highest BCUT2D eigenvalue weighted by molar-refractivity contribution is 8.00. The predicted molar refractivity (Wildman–Crippen MR) is 323 cm³/mol. The Bertz CT molecular complexity index is 4510. The van der Waals surface area contributed by atoms with E-state index in [9.17, 15) is 74.7 Å². The van der Waals surface area contributed by atoms with E-state index in [4.69, 9.17) is 27.5 Å². The summed E-state index contributed by atoms with van der Waals surface area (Å²) < 4.78 is 180. The van der Waals surface area contributed by atoms with Crippen molar-refractivity contribution in [3.8, 4) is 67.9 Å². The van der Waals surface area contributed by atoms with Crippen molar-refractivity contribution in [2.75, 3.05) is 0 Å². The van der Waals surface area contributed by atoms with Gasteiger partial charge in [0, 0.05) is 47.7 Å². The van der Waals surface area contributed by atoms with Crippen LogP contribution in [-0.2, 0) is 34.0 Å². The van der Waals surface area contributed by atoms with E-state index in [1.807, 2.05) is 78.3 Å². The van der Waals surface area contributed by atoms with Crippen molar-refractivity contribution in [3.05, 3.63) is 205 Å². The zero-order valence-electron chi connectivity index (χ0n) is 47.7. The van der Waals surface area contributed by atoms with Gasteiger partial charge in [-0.2, -0.15) is 64.8 Å². The molecule has 0 atom stereocenters. The minimum atomic E-state index is -6.85. The molecule has 0 saturated carbocycles. The summed E-state index contributed by atoms with van der Waals surface area (Å²) in [6.07, 6.45) is 9.83. The van der Waals surface area contributed by atoms with Gasteiger partial charge in [-0.3, -0.25) is 9.20 Å². The summed E-state index contributed by atoms with van der Waals surface area (Å²) in [6, 6.07) is 37.5. The van der Waals surface area contributed by atoms with Gasteiger partial charge in [0.25, 0.3) is 5.91 Å². The number of nitrogens with zero attached hydrogens (tertiary/aromatic N) is 10. The maximum absolute atomic E-state index is 12.4.